The van der Waals surface area contributed by atoms with Crippen LogP contribution < -0.4 is 10.6 Å². The van der Waals surface area contributed by atoms with E-state index < -0.39 is 5.54 Å². The number of Topliss-reactive ketones (excluding diaryl/α,β-unsaturated/α-hetero) is 2. The highest BCUT2D eigenvalue weighted by molar-refractivity contribution is 7.98. The second kappa shape index (κ2) is 13.7. The molecule has 0 aromatic carbocycles. The minimum absolute atomic E-state index is 0.0608. The van der Waals surface area contributed by atoms with Crippen molar-refractivity contribution in [2.45, 2.75) is 64.1 Å². The molecule has 2 atom stereocenters. The number of carbonyl (C=O) groups excluding carboxylic acids is 2. The molecule has 1 unspecified atom stereocenters. The van der Waals surface area contributed by atoms with Crippen molar-refractivity contribution in [3.63, 3.8) is 0 Å². The molecule has 4 nitrogen and oxygen atoms in total. The Kier molecular flexibility index (Phi) is 13.4. The van der Waals surface area contributed by atoms with Crippen molar-refractivity contribution in [1.29, 1.82) is 0 Å². The normalized spacial score (nSPS) is 13.9. The number of hydrogen-bond acceptors (Lipinski definition) is 6. The van der Waals surface area contributed by atoms with Crippen LogP contribution in [0, 0.1) is 12.3 Å². The molecule has 144 valence electrons. The molecule has 0 aromatic rings. The van der Waals surface area contributed by atoms with E-state index in [1.165, 1.54) is 0 Å². The standard InChI is InChI=1S/C19H34N2O2S2/c1-7-8-10-17(22)15(2)21-16(11-14-25-6)18(23)19(3,4)20-12-9-13-24-5/h1,15-16,20-21H,8-14H2,2-6H3/t15?,16-/m0/s1. The average molecular weight is 387 g/mol. The Hall–Kier alpha value is -0.480. The Balaban J connectivity index is 4.83. The number of ketones is 2. The van der Waals surface area contributed by atoms with Crippen molar-refractivity contribution in [1.82, 2.24) is 10.6 Å². The van der Waals surface area contributed by atoms with Gasteiger partial charge in [0, 0.05) is 12.8 Å². The lowest BCUT2D eigenvalue weighted by atomic mass is 9.91. The van der Waals surface area contributed by atoms with E-state index >= 15 is 0 Å². The largest absolute Gasteiger partial charge is 0.305 e. The summed E-state index contributed by atoms with van der Waals surface area (Å²) in [5.74, 6) is 4.61. The van der Waals surface area contributed by atoms with Crippen LogP contribution in [0.25, 0.3) is 0 Å². The van der Waals surface area contributed by atoms with Gasteiger partial charge in [-0.15, -0.1) is 12.3 Å². The smallest absolute Gasteiger partial charge is 0.169 e. The van der Waals surface area contributed by atoms with Crippen molar-refractivity contribution < 1.29 is 9.59 Å². The molecule has 0 spiro atoms. The number of carbonyl (C=O) groups is 2. The summed E-state index contributed by atoms with van der Waals surface area (Å²) in [4.78, 5) is 25.2. The fourth-order valence-electron chi connectivity index (χ4n) is 2.47. The zero-order chi connectivity index (χ0) is 19.3. The van der Waals surface area contributed by atoms with Crippen LogP contribution in [-0.2, 0) is 9.59 Å². The first-order valence-electron chi connectivity index (χ1n) is 8.79. The summed E-state index contributed by atoms with van der Waals surface area (Å²) >= 11 is 3.51. The van der Waals surface area contributed by atoms with Crippen LogP contribution >= 0.6 is 23.5 Å². The van der Waals surface area contributed by atoms with E-state index in [9.17, 15) is 9.59 Å². The third kappa shape index (κ3) is 10.3. The Morgan fingerprint density at radius 2 is 1.84 bits per heavy atom. The lowest BCUT2D eigenvalue weighted by Crippen LogP contribution is -2.57. The molecule has 0 aliphatic rings. The fourth-order valence-corrected chi connectivity index (χ4v) is 3.38. The quantitative estimate of drug-likeness (QED) is 0.333. The van der Waals surface area contributed by atoms with E-state index in [4.69, 9.17) is 6.42 Å². The lowest BCUT2D eigenvalue weighted by molar-refractivity contribution is -0.127. The van der Waals surface area contributed by atoms with Gasteiger partial charge in [-0.25, -0.2) is 0 Å². The summed E-state index contributed by atoms with van der Waals surface area (Å²) < 4.78 is 0. The summed E-state index contributed by atoms with van der Waals surface area (Å²) in [6, 6.07) is -0.697. The first-order chi connectivity index (χ1) is 11.8. The van der Waals surface area contributed by atoms with Crippen LogP contribution in [0.2, 0.25) is 0 Å². The average Bonchev–Trinajstić information content (AvgIpc) is 2.59. The lowest BCUT2D eigenvalue weighted by Gasteiger charge is -2.31. The fraction of sp³-hybridized carbons (Fsp3) is 0.789. The summed E-state index contributed by atoms with van der Waals surface area (Å²) in [5, 5.41) is 6.61. The molecule has 2 N–H and O–H groups in total. The molecular formula is C19H34N2O2S2. The number of rotatable bonds is 15. The molecule has 0 radical (unpaired) electrons. The molecule has 0 bridgehead atoms. The first-order valence-corrected chi connectivity index (χ1v) is 11.6. The van der Waals surface area contributed by atoms with Gasteiger partial charge in [0.2, 0.25) is 0 Å². The first kappa shape index (κ1) is 24.5. The molecule has 0 saturated carbocycles. The SMILES string of the molecule is C#CCCC(=O)C(C)N[C@@H](CCSC)C(=O)C(C)(C)NCCCSC. The molecule has 0 aliphatic carbocycles. The number of hydrogen-bond donors (Lipinski definition) is 2. The Morgan fingerprint density at radius 3 is 2.40 bits per heavy atom. The van der Waals surface area contributed by atoms with Gasteiger partial charge in [-0.1, -0.05) is 0 Å². The van der Waals surface area contributed by atoms with Crippen LogP contribution in [0.3, 0.4) is 0 Å². The van der Waals surface area contributed by atoms with Crippen molar-refractivity contribution in [2.75, 3.05) is 30.6 Å². The predicted octanol–water partition coefficient (Wildman–Crippen LogP) is 2.76. The van der Waals surface area contributed by atoms with Gasteiger partial charge in [0.25, 0.3) is 0 Å². The minimum Gasteiger partial charge on any atom is -0.305 e. The molecular weight excluding hydrogens is 352 g/mol. The summed E-state index contributed by atoms with van der Waals surface area (Å²) in [5.41, 5.74) is -0.615. The minimum atomic E-state index is -0.615. The van der Waals surface area contributed by atoms with Gasteiger partial charge in [-0.05, 0) is 64.2 Å². The number of thioether (sulfide) groups is 2. The highest BCUT2D eigenvalue weighted by Crippen LogP contribution is 2.13. The van der Waals surface area contributed by atoms with Gasteiger partial charge in [-0.3, -0.25) is 14.9 Å². The zero-order valence-electron chi connectivity index (χ0n) is 16.3. The third-order valence-corrected chi connectivity index (χ3v) is 5.43. The highest BCUT2D eigenvalue weighted by Gasteiger charge is 2.34. The zero-order valence-corrected chi connectivity index (χ0v) is 17.9. The van der Waals surface area contributed by atoms with Crippen molar-refractivity contribution >= 4 is 35.1 Å². The molecule has 0 heterocycles. The number of nitrogens with one attached hydrogen (secondary N) is 2. The molecule has 0 fully saturated rings. The van der Waals surface area contributed by atoms with Gasteiger partial charge < -0.3 is 5.32 Å². The van der Waals surface area contributed by atoms with Crippen LogP contribution in [0.4, 0.5) is 0 Å². The summed E-state index contributed by atoms with van der Waals surface area (Å²) in [6.45, 7) is 6.47. The van der Waals surface area contributed by atoms with E-state index in [0.29, 0.717) is 19.3 Å². The molecule has 0 amide bonds. The molecule has 6 heteroatoms. The Morgan fingerprint density at radius 1 is 1.20 bits per heavy atom. The third-order valence-electron chi connectivity index (χ3n) is 4.09. The van der Waals surface area contributed by atoms with E-state index in [0.717, 1.165) is 24.5 Å². The van der Waals surface area contributed by atoms with E-state index in [2.05, 4.69) is 22.8 Å². The summed E-state index contributed by atoms with van der Waals surface area (Å²) in [7, 11) is 0. The molecule has 25 heavy (non-hydrogen) atoms. The molecule has 0 aromatic heterocycles. The van der Waals surface area contributed by atoms with Crippen LogP contribution in [0.1, 0.15) is 46.5 Å². The van der Waals surface area contributed by atoms with Crippen LogP contribution in [-0.4, -0.2) is 59.8 Å². The van der Waals surface area contributed by atoms with Crippen molar-refractivity contribution in [3.05, 3.63) is 0 Å². The number of terminal acetylenes is 1. The maximum atomic E-state index is 13.0. The molecule has 0 rings (SSSR count). The monoisotopic (exact) mass is 386 g/mol. The topological polar surface area (TPSA) is 58.2 Å². The molecule has 0 aliphatic heterocycles. The second-order valence-corrected chi connectivity index (χ2v) is 8.63. The van der Waals surface area contributed by atoms with Crippen LogP contribution in [0.15, 0.2) is 0 Å². The Labute approximate surface area is 162 Å². The van der Waals surface area contributed by atoms with Gasteiger partial charge in [0.15, 0.2) is 5.78 Å². The van der Waals surface area contributed by atoms with Crippen molar-refractivity contribution in [2.24, 2.45) is 0 Å². The predicted molar refractivity (Wildman–Crippen MR) is 113 cm³/mol. The molecule has 0 saturated heterocycles. The van der Waals surface area contributed by atoms with Gasteiger partial charge in [0.1, 0.15) is 5.78 Å². The van der Waals surface area contributed by atoms with E-state index in [-0.39, 0.29) is 23.7 Å². The van der Waals surface area contributed by atoms with E-state index in [1.807, 2.05) is 27.0 Å². The maximum absolute atomic E-state index is 13.0. The summed E-state index contributed by atoms with van der Waals surface area (Å²) in [6.07, 6.45) is 11.9. The van der Waals surface area contributed by atoms with Gasteiger partial charge >= 0.3 is 0 Å². The van der Waals surface area contributed by atoms with Crippen LogP contribution in [0.5, 0.6) is 0 Å². The van der Waals surface area contributed by atoms with Crippen molar-refractivity contribution in [3.8, 4) is 12.3 Å². The maximum Gasteiger partial charge on any atom is 0.169 e. The van der Waals surface area contributed by atoms with Gasteiger partial charge in [-0.2, -0.15) is 23.5 Å². The second-order valence-electron chi connectivity index (χ2n) is 6.66. The van der Waals surface area contributed by atoms with E-state index in [1.54, 1.807) is 23.5 Å². The Bertz CT molecular complexity index is 447. The highest BCUT2D eigenvalue weighted by atomic mass is 32.2. The van der Waals surface area contributed by atoms with Gasteiger partial charge in [0.05, 0.1) is 17.6 Å².